The quantitative estimate of drug-likeness (QED) is 0.713. The monoisotopic (exact) mass is 248 g/mol. The molecule has 2 heteroatoms. The van der Waals surface area contributed by atoms with Gasteiger partial charge in [0, 0.05) is 0 Å². The smallest absolute Gasteiger partial charge is 0.0720 e. The number of ether oxygens (including phenoxy) is 1. The summed E-state index contributed by atoms with van der Waals surface area (Å²) in [6, 6.07) is 10.1. The van der Waals surface area contributed by atoms with Gasteiger partial charge in [0.2, 0.25) is 0 Å². The van der Waals surface area contributed by atoms with Crippen LogP contribution in [0.2, 0.25) is 0 Å². The molecule has 0 unspecified atom stereocenters. The molecule has 0 aromatic heterocycles. The minimum absolute atomic E-state index is 0.143. The Morgan fingerprint density at radius 1 is 1.28 bits per heavy atom. The molecule has 1 aromatic carbocycles. The third-order valence-corrected chi connectivity index (χ3v) is 3.24. The summed E-state index contributed by atoms with van der Waals surface area (Å²) in [5, 5.41) is 9.73. The van der Waals surface area contributed by atoms with E-state index in [9.17, 15) is 5.11 Å². The standard InChI is InChI=1S/C16H24O2/c1-4-8-16(17)11-13(2)14(3)18-12-15-9-6-5-7-10-15/h4-7,9-10,13-14,16-17H,1,8,11-12H2,2-3H3/t13-,14+,16+/m1/s1. The van der Waals surface area contributed by atoms with E-state index in [1.165, 1.54) is 5.56 Å². The first-order valence-corrected chi connectivity index (χ1v) is 6.58. The summed E-state index contributed by atoms with van der Waals surface area (Å²) in [4.78, 5) is 0. The Kier molecular flexibility index (Phi) is 6.69. The molecule has 18 heavy (non-hydrogen) atoms. The number of benzene rings is 1. The number of aliphatic hydroxyl groups is 1. The fraction of sp³-hybridized carbons (Fsp3) is 0.500. The van der Waals surface area contributed by atoms with Crippen molar-refractivity contribution >= 4 is 0 Å². The van der Waals surface area contributed by atoms with E-state index >= 15 is 0 Å². The van der Waals surface area contributed by atoms with Gasteiger partial charge in [-0.1, -0.05) is 43.3 Å². The van der Waals surface area contributed by atoms with Crippen molar-refractivity contribution in [1.82, 2.24) is 0 Å². The van der Waals surface area contributed by atoms with Crippen molar-refractivity contribution in [1.29, 1.82) is 0 Å². The Bertz CT molecular complexity index is 334. The van der Waals surface area contributed by atoms with E-state index in [0.717, 1.165) is 6.42 Å². The second-order valence-electron chi connectivity index (χ2n) is 4.89. The molecule has 1 aromatic rings. The molecular weight excluding hydrogens is 224 g/mol. The number of hydrogen-bond acceptors (Lipinski definition) is 2. The summed E-state index contributed by atoms with van der Waals surface area (Å²) in [6.07, 6.45) is 3.00. The fourth-order valence-electron chi connectivity index (χ4n) is 1.88. The highest BCUT2D eigenvalue weighted by Gasteiger charge is 2.16. The highest BCUT2D eigenvalue weighted by atomic mass is 16.5. The van der Waals surface area contributed by atoms with Crippen LogP contribution in [-0.4, -0.2) is 17.3 Å². The zero-order valence-corrected chi connectivity index (χ0v) is 11.4. The minimum Gasteiger partial charge on any atom is -0.393 e. The zero-order chi connectivity index (χ0) is 13.4. The Hall–Kier alpha value is -1.12. The van der Waals surface area contributed by atoms with Crippen LogP contribution in [0.5, 0.6) is 0 Å². The normalized spacial score (nSPS) is 15.9. The van der Waals surface area contributed by atoms with Crippen molar-refractivity contribution in [3.05, 3.63) is 48.6 Å². The van der Waals surface area contributed by atoms with E-state index in [2.05, 4.69) is 32.6 Å². The van der Waals surface area contributed by atoms with Gasteiger partial charge in [-0.3, -0.25) is 0 Å². The van der Waals surface area contributed by atoms with Gasteiger partial charge in [-0.15, -0.1) is 6.58 Å². The topological polar surface area (TPSA) is 29.5 Å². The molecule has 0 saturated carbocycles. The maximum absolute atomic E-state index is 9.73. The van der Waals surface area contributed by atoms with Crippen molar-refractivity contribution in [2.24, 2.45) is 5.92 Å². The lowest BCUT2D eigenvalue weighted by molar-refractivity contribution is 0.00229. The van der Waals surface area contributed by atoms with Gasteiger partial charge < -0.3 is 9.84 Å². The van der Waals surface area contributed by atoms with E-state index in [1.54, 1.807) is 6.08 Å². The zero-order valence-electron chi connectivity index (χ0n) is 11.4. The van der Waals surface area contributed by atoms with Gasteiger partial charge in [-0.2, -0.15) is 0 Å². The summed E-state index contributed by atoms with van der Waals surface area (Å²) >= 11 is 0. The van der Waals surface area contributed by atoms with Crippen LogP contribution in [-0.2, 0) is 11.3 Å². The first kappa shape index (κ1) is 14.9. The van der Waals surface area contributed by atoms with E-state index in [1.807, 2.05) is 18.2 Å². The number of hydrogen-bond donors (Lipinski definition) is 1. The van der Waals surface area contributed by atoms with Crippen molar-refractivity contribution in [3.63, 3.8) is 0 Å². The summed E-state index contributed by atoms with van der Waals surface area (Å²) < 4.78 is 5.83. The van der Waals surface area contributed by atoms with Crippen LogP contribution in [0, 0.1) is 5.92 Å². The summed E-state index contributed by atoms with van der Waals surface area (Å²) in [7, 11) is 0. The summed E-state index contributed by atoms with van der Waals surface area (Å²) in [6.45, 7) is 8.44. The minimum atomic E-state index is -0.305. The number of rotatable bonds is 8. The molecule has 3 atom stereocenters. The molecule has 1 N–H and O–H groups in total. The number of aliphatic hydroxyl groups excluding tert-OH is 1. The SMILES string of the molecule is C=CC[C@H](O)C[C@@H](C)[C@H](C)OCc1ccccc1. The van der Waals surface area contributed by atoms with E-state index in [-0.39, 0.29) is 12.2 Å². The van der Waals surface area contributed by atoms with E-state index < -0.39 is 0 Å². The third kappa shape index (κ3) is 5.48. The molecule has 0 amide bonds. The Morgan fingerprint density at radius 2 is 1.94 bits per heavy atom. The van der Waals surface area contributed by atoms with Crippen LogP contribution < -0.4 is 0 Å². The molecule has 0 bridgehead atoms. The van der Waals surface area contributed by atoms with Gasteiger partial charge in [0.1, 0.15) is 0 Å². The molecular formula is C16H24O2. The lowest BCUT2D eigenvalue weighted by atomic mass is 9.97. The van der Waals surface area contributed by atoms with Gasteiger partial charge in [0.15, 0.2) is 0 Å². The fourth-order valence-corrected chi connectivity index (χ4v) is 1.88. The van der Waals surface area contributed by atoms with Gasteiger partial charge >= 0.3 is 0 Å². The van der Waals surface area contributed by atoms with Gasteiger partial charge in [0.05, 0.1) is 18.8 Å². The molecule has 1 rings (SSSR count). The molecule has 0 saturated heterocycles. The largest absolute Gasteiger partial charge is 0.393 e. The Labute approximate surface area is 110 Å². The second-order valence-corrected chi connectivity index (χ2v) is 4.89. The molecule has 100 valence electrons. The Morgan fingerprint density at radius 3 is 2.56 bits per heavy atom. The maximum atomic E-state index is 9.73. The molecule has 0 radical (unpaired) electrons. The van der Waals surface area contributed by atoms with Gasteiger partial charge in [-0.25, -0.2) is 0 Å². The van der Waals surface area contributed by atoms with Crippen LogP contribution in [0.15, 0.2) is 43.0 Å². The van der Waals surface area contributed by atoms with Crippen LogP contribution >= 0.6 is 0 Å². The van der Waals surface area contributed by atoms with Crippen molar-refractivity contribution in [3.8, 4) is 0 Å². The lowest BCUT2D eigenvalue weighted by Crippen LogP contribution is -2.22. The lowest BCUT2D eigenvalue weighted by Gasteiger charge is -2.22. The highest BCUT2D eigenvalue weighted by molar-refractivity contribution is 5.13. The molecule has 0 aliphatic carbocycles. The average Bonchev–Trinajstić information content (AvgIpc) is 2.37. The molecule has 0 fully saturated rings. The molecule has 0 spiro atoms. The predicted molar refractivity (Wildman–Crippen MR) is 75.3 cm³/mol. The second kappa shape index (κ2) is 8.06. The Balaban J connectivity index is 2.31. The maximum Gasteiger partial charge on any atom is 0.0720 e. The first-order chi connectivity index (χ1) is 8.63. The molecule has 2 nitrogen and oxygen atoms in total. The van der Waals surface area contributed by atoms with Gasteiger partial charge in [-0.05, 0) is 31.2 Å². The highest BCUT2D eigenvalue weighted by Crippen LogP contribution is 2.17. The van der Waals surface area contributed by atoms with E-state index in [0.29, 0.717) is 18.9 Å². The molecule has 0 aliphatic heterocycles. The van der Waals surface area contributed by atoms with E-state index in [4.69, 9.17) is 4.74 Å². The van der Waals surface area contributed by atoms with Crippen molar-refractivity contribution in [2.75, 3.05) is 0 Å². The predicted octanol–water partition coefficient (Wildman–Crippen LogP) is 3.55. The van der Waals surface area contributed by atoms with Crippen LogP contribution in [0.25, 0.3) is 0 Å². The average molecular weight is 248 g/mol. The molecule has 0 aliphatic rings. The van der Waals surface area contributed by atoms with Crippen molar-refractivity contribution < 1.29 is 9.84 Å². The van der Waals surface area contributed by atoms with Crippen LogP contribution in [0.1, 0.15) is 32.3 Å². The van der Waals surface area contributed by atoms with Gasteiger partial charge in [0.25, 0.3) is 0 Å². The van der Waals surface area contributed by atoms with Crippen LogP contribution in [0.3, 0.4) is 0 Å². The summed E-state index contributed by atoms with van der Waals surface area (Å²) in [5.41, 5.74) is 1.18. The molecule has 0 heterocycles. The summed E-state index contributed by atoms with van der Waals surface area (Å²) in [5.74, 6) is 0.337. The van der Waals surface area contributed by atoms with Crippen LogP contribution in [0.4, 0.5) is 0 Å². The van der Waals surface area contributed by atoms with Crippen molar-refractivity contribution in [2.45, 2.75) is 45.5 Å². The third-order valence-electron chi connectivity index (χ3n) is 3.24. The first-order valence-electron chi connectivity index (χ1n) is 6.58.